The van der Waals surface area contributed by atoms with Crippen molar-refractivity contribution >= 4 is 22.5 Å². The number of fused-ring (bicyclic) bond motifs is 1. The van der Waals surface area contributed by atoms with Crippen LogP contribution >= 0.6 is 0 Å². The maximum atomic E-state index is 12.7. The number of hydrogen-bond donors (Lipinski definition) is 1. The van der Waals surface area contributed by atoms with Gasteiger partial charge in [-0.15, -0.1) is 0 Å². The normalized spacial score (nSPS) is 17.0. The molecular weight excluding hydrogens is 352 g/mol. The highest BCUT2D eigenvalue weighted by molar-refractivity contribution is 5.97. The summed E-state index contributed by atoms with van der Waals surface area (Å²) in [5.41, 5.74) is 5.11. The topological polar surface area (TPSA) is 75.0 Å². The largest absolute Gasteiger partial charge is 0.361 e. The number of rotatable bonds is 3. The van der Waals surface area contributed by atoms with Gasteiger partial charge in [0, 0.05) is 47.2 Å². The quantitative estimate of drug-likeness (QED) is 0.580. The van der Waals surface area contributed by atoms with Crippen LogP contribution in [-0.4, -0.2) is 27.6 Å². The van der Waals surface area contributed by atoms with Gasteiger partial charge in [0.2, 0.25) is 5.91 Å². The molecule has 1 atom stereocenters. The zero-order valence-corrected chi connectivity index (χ0v) is 15.8. The molecule has 0 radical (unpaired) electrons. The van der Waals surface area contributed by atoms with E-state index in [1.54, 1.807) is 0 Å². The van der Waals surface area contributed by atoms with Gasteiger partial charge in [0.15, 0.2) is 5.82 Å². The van der Waals surface area contributed by atoms with E-state index < -0.39 is 0 Å². The van der Waals surface area contributed by atoms with Gasteiger partial charge in [-0.2, -0.15) is 4.98 Å². The van der Waals surface area contributed by atoms with Gasteiger partial charge in [0.1, 0.15) is 0 Å². The number of carbonyl (C=O) groups excluding carboxylic acids is 1. The van der Waals surface area contributed by atoms with Crippen molar-refractivity contribution < 1.29 is 9.32 Å². The highest BCUT2D eigenvalue weighted by Gasteiger charge is 2.35. The van der Waals surface area contributed by atoms with Crippen LogP contribution in [0.2, 0.25) is 0 Å². The Morgan fingerprint density at radius 3 is 2.96 bits per heavy atom. The summed E-state index contributed by atoms with van der Waals surface area (Å²) in [6.45, 7) is 4.63. The van der Waals surface area contributed by atoms with Crippen LogP contribution in [0.15, 0.2) is 53.2 Å². The fraction of sp³-hybridized carbons (Fsp3) is 0.227. The smallest absolute Gasteiger partial charge is 0.258 e. The molecule has 0 bridgehead atoms. The van der Waals surface area contributed by atoms with Crippen LogP contribution in [0, 0.1) is 13.8 Å². The molecular formula is C22H20N4O2. The van der Waals surface area contributed by atoms with Crippen molar-refractivity contribution in [3.05, 3.63) is 65.6 Å². The van der Waals surface area contributed by atoms with Gasteiger partial charge in [-0.3, -0.25) is 4.79 Å². The maximum Gasteiger partial charge on any atom is 0.258 e. The minimum atomic E-state index is -0.0738. The zero-order valence-electron chi connectivity index (χ0n) is 15.8. The molecule has 2 aromatic heterocycles. The number of aromatic amines is 1. The second kappa shape index (κ2) is 6.34. The number of nitrogens with one attached hydrogen (secondary N) is 1. The number of hydrogen-bond acceptors (Lipinski definition) is 4. The number of anilines is 1. The minimum Gasteiger partial charge on any atom is -0.361 e. The van der Waals surface area contributed by atoms with Crippen molar-refractivity contribution in [3.63, 3.8) is 0 Å². The molecule has 1 amide bonds. The summed E-state index contributed by atoms with van der Waals surface area (Å²) in [6, 6.07) is 14.1. The summed E-state index contributed by atoms with van der Waals surface area (Å²) < 4.78 is 5.55. The number of aromatic nitrogens is 3. The Balaban J connectivity index is 1.45. The molecule has 1 unspecified atom stereocenters. The molecule has 6 nitrogen and oxygen atoms in total. The molecule has 1 fully saturated rings. The first-order valence-electron chi connectivity index (χ1n) is 9.38. The molecule has 1 aliphatic heterocycles. The third kappa shape index (κ3) is 2.69. The average molecular weight is 372 g/mol. The summed E-state index contributed by atoms with van der Waals surface area (Å²) in [7, 11) is 0. The van der Waals surface area contributed by atoms with E-state index in [-0.39, 0.29) is 11.8 Å². The molecule has 28 heavy (non-hydrogen) atoms. The van der Waals surface area contributed by atoms with Crippen molar-refractivity contribution in [1.29, 1.82) is 0 Å². The summed E-state index contributed by atoms with van der Waals surface area (Å²) in [6.07, 6.45) is 2.28. The molecule has 1 saturated heterocycles. The van der Waals surface area contributed by atoms with E-state index >= 15 is 0 Å². The predicted octanol–water partition coefficient (Wildman–Crippen LogP) is 4.36. The van der Waals surface area contributed by atoms with Crippen molar-refractivity contribution in [2.75, 3.05) is 11.4 Å². The zero-order chi connectivity index (χ0) is 19.3. The minimum absolute atomic E-state index is 0.0738. The van der Waals surface area contributed by atoms with Crippen molar-refractivity contribution in [2.24, 2.45) is 0 Å². The van der Waals surface area contributed by atoms with Gasteiger partial charge < -0.3 is 14.4 Å². The van der Waals surface area contributed by atoms with E-state index in [1.807, 2.05) is 49.2 Å². The molecule has 0 aliphatic carbocycles. The standard InChI is InChI=1S/C22H20N4O2/c1-13-6-7-14(2)19(10-13)26-12-15(11-20(26)27)21-24-22(28-25-21)17-4-3-5-18-16(17)8-9-23-18/h3-10,15,23H,11-12H2,1-2H3. The van der Waals surface area contributed by atoms with E-state index in [2.05, 4.69) is 33.3 Å². The molecule has 4 aromatic rings. The Bertz CT molecular complexity index is 1190. The first-order chi connectivity index (χ1) is 13.6. The lowest BCUT2D eigenvalue weighted by Gasteiger charge is -2.19. The van der Waals surface area contributed by atoms with Gasteiger partial charge >= 0.3 is 0 Å². The van der Waals surface area contributed by atoms with E-state index in [0.29, 0.717) is 24.7 Å². The van der Waals surface area contributed by atoms with E-state index in [9.17, 15) is 4.79 Å². The van der Waals surface area contributed by atoms with E-state index in [4.69, 9.17) is 4.52 Å². The first-order valence-corrected chi connectivity index (χ1v) is 9.38. The number of H-pyrrole nitrogens is 1. The Hall–Kier alpha value is -3.41. The summed E-state index contributed by atoms with van der Waals surface area (Å²) in [5, 5.41) is 5.23. The Morgan fingerprint density at radius 2 is 2.07 bits per heavy atom. The number of nitrogens with zero attached hydrogens (tertiary/aromatic N) is 3. The Morgan fingerprint density at radius 1 is 1.18 bits per heavy atom. The number of aryl methyl sites for hydroxylation is 2. The Kier molecular flexibility index (Phi) is 3.79. The van der Waals surface area contributed by atoms with Crippen LogP contribution in [0.5, 0.6) is 0 Å². The lowest BCUT2D eigenvalue weighted by Crippen LogP contribution is -2.25. The first kappa shape index (κ1) is 16.7. The average Bonchev–Trinajstić information content (AvgIpc) is 3.42. The highest BCUT2D eigenvalue weighted by Crippen LogP contribution is 2.34. The van der Waals surface area contributed by atoms with Crippen molar-refractivity contribution in [2.45, 2.75) is 26.2 Å². The molecule has 1 N–H and O–H groups in total. The number of benzene rings is 2. The molecule has 5 rings (SSSR count). The summed E-state index contributed by atoms with van der Waals surface area (Å²) in [5.74, 6) is 1.09. The van der Waals surface area contributed by atoms with Crippen LogP contribution in [0.25, 0.3) is 22.4 Å². The maximum absolute atomic E-state index is 12.7. The highest BCUT2D eigenvalue weighted by atomic mass is 16.5. The van der Waals surface area contributed by atoms with Crippen LogP contribution in [0.3, 0.4) is 0 Å². The lowest BCUT2D eigenvalue weighted by atomic mass is 10.1. The predicted molar refractivity (Wildman–Crippen MR) is 107 cm³/mol. The summed E-state index contributed by atoms with van der Waals surface area (Å²) in [4.78, 5) is 22.3. The Labute approximate surface area is 162 Å². The third-order valence-corrected chi connectivity index (χ3v) is 5.41. The van der Waals surface area contributed by atoms with Crippen LogP contribution in [0.4, 0.5) is 5.69 Å². The second-order valence-electron chi connectivity index (χ2n) is 7.40. The van der Waals surface area contributed by atoms with Gasteiger partial charge in [-0.1, -0.05) is 23.4 Å². The lowest BCUT2D eigenvalue weighted by molar-refractivity contribution is -0.117. The molecule has 2 aromatic carbocycles. The second-order valence-corrected chi connectivity index (χ2v) is 7.40. The van der Waals surface area contributed by atoms with Gasteiger partial charge in [0.05, 0.1) is 0 Å². The van der Waals surface area contributed by atoms with Gasteiger partial charge in [-0.05, 0) is 49.2 Å². The SMILES string of the molecule is Cc1ccc(C)c(N2CC(c3noc(-c4cccc5[nH]ccc45)n3)CC2=O)c1. The number of carbonyl (C=O) groups is 1. The molecule has 6 heteroatoms. The summed E-state index contributed by atoms with van der Waals surface area (Å²) >= 11 is 0. The van der Waals surface area contributed by atoms with Gasteiger partial charge in [-0.25, -0.2) is 0 Å². The molecule has 0 saturated carbocycles. The van der Waals surface area contributed by atoms with E-state index in [1.165, 1.54) is 0 Å². The number of amides is 1. The van der Waals surface area contributed by atoms with Crippen molar-refractivity contribution in [1.82, 2.24) is 15.1 Å². The monoisotopic (exact) mass is 372 g/mol. The fourth-order valence-corrected chi connectivity index (χ4v) is 3.91. The molecule has 3 heterocycles. The van der Waals surface area contributed by atoms with Crippen LogP contribution in [0.1, 0.15) is 29.3 Å². The van der Waals surface area contributed by atoms with Crippen LogP contribution < -0.4 is 4.90 Å². The fourth-order valence-electron chi connectivity index (χ4n) is 3.91. The molecule has 0 spiro atoms. The van der Waals surface area contributed by atoms with E-state index in [0.717, 1.165) is 33.3 Å². The van der Waals surface area contributed by atoms with Crippen molar-refractivity contribution in [3.8, 4) is 11.5 Å². The third-order valence-electron chi connectivity index (χ3n) is 5.41. The molecule has 140 valence electrons. The van der Waals surface area contributed by atoms with Crippen LogP contribution in [-0.2, 0) is 4.79 Å². The molecule has 1 aliphatic rings. The van der Waals surface area contributed by atoms with Gasteiger partial charge in [0.25, 0.3) is 5.89 Å².